The van der Waals surface area contributed by atoms with E-state index in [2.05, 4.69) is 5.32 Å². The van der Waals surface area contributed by atoms with Crippen molar-refractivity contribution < 1.29 is 9.72 Å². The number of carbonyl (C=O) groups excluding carboxylic acids is 1. The fraction of sp³-hybridized carbons (Fsp3) is 0.278. The van der Waals surface area contributed by atoms with Crippen LogP contribution in [0.25, 0.3) is 0 Å². The summed E-state index contributed by atoms with van der Waals surface area (Å²) in [7, 11) is 0. The number of anilines is 1. The number of para-hydroxylation sites is 1. The van der Waals surface area contributed by atoms with Gasteiger partial charge in [-0.1, -0.05) is 12.1 Å². The van der Waals surface area contributed by atoms with Crippen molar-refractivity contribution >= 4 is 17.3 Å². The van der Waals surface area contributed by atoms with Crippen LogP contribution >= 0.6 is 0 Å². The van der Waals surface area contributed by atoms with Crippen LogP contribution in [0.3, 0.4) is 0 Å². The maximum Gasteiger partial charge on any atom is 0.269 e. The summed E-state index contributed by atoms with van der Waals surface area (Å²) < 4.78 is 0. The molecule has 0 bridgehead atoms. The van der Waals surface area contributed by atoms with Gasteiger partial charge in [-0.25, -0.2) is 0 Å². The number of nitro groups is 1. The van der Waals surface area contributed by atoms with Crippen LogP contribution in [0.2, 0.25) is 0 Å². The molecule has 0 aromatic heterocycles. The zero-order chi connectivity index (χ0) is 17.5. The summed E-state index contributed by atoms with van der Waals surface area (Å²) in [5, 5.41) is 14.3. The van der Waals surface area contributed by atoms with E-state index in [4.69, 9.17) is 0 Å². The number of carbonyl (C=O) groups is 1. The molecule has 0 aliphatic carbocycles. The number of hydrogen-bond acceptors (Lipinski definition) is 4. The molecule has 1 N–H and O–H groups in total. The molecule has 1 amide bonds. The quantitative estimate of drug-likeness (QED) is 0.689. The second kappa shape index (κ2) is 5.63. The molecule has 1 aliphatic rings. The molecule has 0 radical (unpaired) electrons. The van der Waals surface area contributed by atoms with E-state index in [1.807, 2.05) is 39.0 Å². The van der Waals surface area contributed by atoms with Crippen molar-refractivity contribution in [2.75, 3.05) is 5.32 Å². The molecular weight excluding hydrogens is 306 g/mol. The van der Waals surface area contributed by atoms with Gasteiger partial charge >= 0.3 is 0 Å². The highest BCUT2D eigenvalue weighted by Crippen LogP contribution is 2.39. The molecule has 0 saturated heterocycles. The van der Waals surface area contributed by atoms with Crippen LogP contribution in [0.1, 0.15) is 36.7 Å². The number of amides is 1. The van der Waals surface area contributed by atoms with Crippen LogP contribution in [0.4, 0.5) is 11.4 Å². The number of hydrogen-bond donors (Lipinski definition) is 1. The van der Waals surface area contributed by atoms with Gasteiger partial charge in [0.2, 0.25) is 0 Å². The lowest BCUT2D eigenvalue weighted by molar-refractivity contribution is -0.384. The van der Waals surface area contributed by atoms with Crippen LogP contribution in [0.5, 0.6) is 0 Å². The normalized spacial score (nSPS) is 19.8. The highest BCUT2D eigenvalue weighted by molar-refractivity contribution is 6.02. The van der Waals surface area contributed by atoms with Crippen LogP contribution in [0, 0.1) is 10.1 Å². The Morgan fingerprint density at radius 3 is 2.33 bits per heavy atom. The van der Waals surface area contributed by atoms with Crippen molar-refractivity contribution in [1.82, 2.24) is 4.90 Å². The fourth-order valence-corrected chi connectivity index (χ4v) is 3.30. The van der Waals surface area contributed by atoms with Gasteiger partial charge in [-0.3, -0.25) is 14.9 Å². The Hall–Kier alpha value is -2.89. The van der Waals surface area contributed by atoms with E-state index in [-0.39, 0.29) is 17.6 Å². The first-order valence-electron chi connectivity index (χ1n) is 7.80. The fourth-order valence-electron chi connectivity index (χ4n) is 3.30. The summed E-state index contributed by atoms with van der Waals surface area (Å²) >= 11 is 0. The van der Waals surface area contributed by atoms with Gasteiger partial charge in [0.1, 0.15) is 5.66 Å². The lowest BCUT2D eigenvalue weighted by Crippen LogP contribution is -2.58. The predicted octanol–water partition coefficient (Wildman–Crippen LogP) is 3.74. The molecule has 0 spiro atoms. The molecule has 3 rings (SSSR count). The highest BCUT2D eigenvalue weighted by atomic mass is 16.6. The first kappa shape index (κ1) is 16.0. The van der Waals surface area contributed by atoms with E-state index in [1.165, 1.54) is 12.1 Å². The average molecular weight is 325 g/mol. The molecule has 2 aromatic carbocycles. The first-order valence-corrected chi connectivity index (χ1v) is 7.80. The SMILES string of the molecule is CC(C)N1C(=O)c2ccccc2NC1(C)c1ccc([N+](=O)[O-])cc1. The Morgan fingerprint density at radius 1 is 1.12 bits per heavy atom. The molecule has 124 valence electrons. The van der Waals surface area contributed by atoms with E-state index in [1.54, 1.807) is 23.1 Å². The maximum atomic E-state index is 13.0. The van der Waals surface area contributed by atoms with Crippen molar-refractivity contribution in [3.63, 3.8) is 0 Å². The molecule has 1 aliphatic heterocycles. The van der Waals surface area contributed by atoms with E-state index < -0.39 is 10.6 Å². The summed E-state index contributed by atoms with van der Waals surface area (Å²) in [6, 6.07) is 13.7. The smallest absolute Gasteiger partial charge is 0.269 e. The summed E-state index contributed by atoms with van der Waals surface area (Å²) in [4.78, 5) is 25.2. The molecule has 6 heteroatoms. The molecule has 24 heavy (non-hydrogen) atoms. The van der Waals surface area contributed by atoms with Crippen molar-refractivity contribution in [3.05, 3.63) is 69.8 Å². The van der Waals surface area contributed by atoms with E-state index in [0.717, 1.165) is 11.3 Å². The number of benzene rings is 2. The molecule has 6 nitrogen and oxygen atoms in total. The monoisotopic (exact) mass is 325 g/mol. The van der Waals surface area contributed by atoms with Gasteiger partial charge in [0, 0.05) is 23.9 Å². The standard InChI is InChI=1S/C18H19N3O3/c1-12(2)20-17(22)15-6-4-5-7-16(15)19-18(20,3)13-8-10-14(11-9-13)21(23)24/h4-12,19H,1-3H3. The largest absolute Gasteiger partial charge is 0.358 e. The van der Waals surface area contributed by atoms with Crippen LogP contribution in [-0.4, -0.2) is 21.8 Å². The number of nitro benzene ring substituents is 1. The molecule has 0 saturated carbocycles. The highest BCUT2D eigenvalue weighted by Gasteiger charge is 2.43. The van der Waals surface area contributed by atoms with Gasteiger partial charge in [0.15, 0.2) is 0 Å². The predicted molar refractivity (Wildman–Crippen MR) is 91.8 cm³/mol. The van der Waals surface area contributed by atoms with Gasteiger partial charge in [-0.05, 0) is 50.6 Å². The van der Waals surface area contributed by atoms with Gasteiger partial charge in [-0.15, -0.1) is 0 Å². The molecule has 0 fully saturated rings. The Bertz CT molecular complexity index is 801. The summed E-state index contributed by atoms with van der Waals surface area (Å²) in [5.41, 5.74) is 1.44. The molecule has 1 unspecified atom stereocenters. The van der Waals surface area contributed by atoms with Crippen molar-refractivity contribution in [2.24, 2.45) is 0 Å². The summed E-state index contributed by atoms with van der Waals surface area (Å²) in [5.74, 6) is -0.0554. The first-order chi connectivity index (χ1) is 11.3. The van der Waals surface area contributed by atoms with Crippen LogP contribution in [-0.2, 0) is 5.66 Å². The number of fused-ring (bicyclic) bond motifs is 1. The zero-order valence-electron chi connectivity index (χ0n) is 13.8. The van der Waals surface area contributed by atoms with Gasteiger partial charge < -0.3 is 10.2 Å². The Labute approximate surface area is 140 Å². The lowest BCUT2D eigenvalue weighted by Gasteiger charge is -2.48. The molecule has 2 aromatic rings. The van der Waals surface area contributed by atoms with Gasteiger partial charge in [0.25, 0.3) is 11.6 Å². The third-order valence-corrected chi connectivity index (χ3v) is 4.39. The van der Waals surface area contributed by atoms with Gasteiger partial charge in [-0.2, -0.15) is 0 Å². The number of non-ortho nitro benzene ring substituents is 1. The maximum absolute atomic E-state index is 13.0. The third kappa shape index (κ3) is 2.40. The Morgan fingerprint density at radius 2 is 1.75 bits per heavy atom. The molecule has 1 heterocycles. The lowest BCUT2D eigenvalue weighted by atomic mass is 9.92. The Balaban J connectivity index is 2.12. The van der Waals surface area contributed by atoms with E-state index >= 15 is 0 Å². The Kier molecular flexibility index (Phi) is 3.75. The number of nitrogens with one attached hydrogen (secondary N) is 1. The molecular formula is C18H19N3O3. The van der Waals surface area contributed by atoms with Crippen molar-refractivity contribution in [1.29, 1.82) is 0 Å². The zero-order valence-corrected chi connectivity index (χ0v) is 13.8. The van der Waals surface area contributed by atoms with Crippen LogP contribution in [0.15, 0.2) is 48.5 Å². The molecule has 1 atom stereocenters. The summed E-state index contributed by atoms with van der Waals surface area (Å²) in [6.07, 6.45) is 0. The van der Waals surface area contributed by atoms with Crippen molar-refractivity contribution in [2.45, 2.75) is 32.5 Å². The minimum atomic E-state index is -0.783. The average Bonchev–Trinajstić information content (AvgIpc) is 2.54. The number of nitrogens with zero attached hydrogens (tertiary/aromatic N) is 2. The van der Waals surface area contributed by atoms with Crippen LogP contribution < -0.4 is 5.32 Å². The third-order valence-electron chi connectivity index (χ3n) is 4.39. The minimum Gasteiger partial charge on any atom is -0.358 e. The van der Waals surface area contributed by atoms with Crippen molar-refractivity contribution in [3.8, 4) is 0 Å². The second-order valence-corrected chi connectivity index (χ2v) is 6.32. The topological polar surface area (TPSA) is 75.5 Å². The minimum absolute atomic E-state index is 0.0287. The van der Waals surface area contributed by atoms with E-state index in [0.29, 0.717) is 5.56 Å². The van der Waals surface area contributed by atoms with Gasteiger partial charge in [0.05, 0.1) is 10.5 Å². The number of rotatable bonds is 3. The summed E-state index contributed by atoms with van der Waals surface area (Å²) in [6.45, 7) is 5.83. The second-order valence-electron chi connectivity index (χ2n) is 6.32. The van der Waals surface area contributed by atoms with E-state index in [9.17, 15) is 14.9 Å².